The van der Waals surface area contributed by atoms with Gasteiger partial charge >= 0.3 is 6.09 Å². The lowest BCUT2D eigenvalue weighted by Crippen LogP contribution is -2.49. The minimum atomic E-state index is -0.770. The topological polar surface area (TPSA) is 74.3 Å². The molecule has 31 heavy (non-hydrogen) atoms. The molecule has 2 aromatic rings. The fourth-order valence-electron chi connectivity index (χ4n) is 3.37. The molecule has 3 rings (SSSR count). The maximum Gasteiger partial charge on any atom is 0.411 e. The zero-order valence-electron chi connectivity index (χ0n) is 17.8. The Labute approximate surface area is 182 Å². The summed E-state index contributed by atoms with van der Waals surface area (Å²) in [6.45, 7) is 6.15. The van der Waals surface area contributed by atoms with Gasteiger partial charge in [-0.2, -0.15) is 0 Å². The van der Waals surface area contributed by atoms with Crippen LogP contribution in [0.4, 0.5) is 20.6 Å². The van der Waals surface area contributed by atoms with Gasteiger partial charge in [-0.3, -0.25) is 10.2 Å². The van der Waals surface area contributed by atoms with Crippen molar-refractivity contribution in [2.24, 2.45) is 0 Å². The summed E-state index contributed by atoms with van der Waals surface area (Å²) in [6, 6.07) is 13.5. The standard InChI is InChI=1S/C23H30FN3O4/c1-2-15-30-22-9-5-19(6-10-22)25-23(29)31-17-21(28)16-26-11-13-27(14-12-26)20-7-3-18(24)4-8-20/h3-10,21,28H,2,11-17H2,1H3,(H,25,29). The molecule has 1 saturated heterocycles. The molecule has 1 unspecified atom stereocenters. The first-order valence-electron chi connectivity index (χ1n) is 10.6. The molecule has 1 fully saturated rings. The quantitative estimate of drug-likeness (QED) is 0.634. The van der Waals surface area contributed by atoms with Crippen molar-refractivity contribution in [3.05, 3.63) is 54.3 Å². The number of aliphatic hydroxyl groups is 1. The summed E-state index contributed by atoms with van der Waals surface area (Å²) < 4.78 is 23.7. The van der Waals surface area contributed by atoms with Crippen LogP contribution in [0.15, 0.2) is 48.5 Å². The van der Waals surface area contributed by atoms with Gasteiger partial charge in [0.1, 0.15) is 24.3 Å². The molecule has 168 valence electrons. The molecule has 0 aromatic heterocycles. The Balaban J connectivity index is 1.34. The van der Waals surface area contributed by atoms with E-state index in [0.29, 0.717) is 18.8 Å². The number of β-amino-alcohol motifs (C(OH)–C–C–N with tert-alkyl or cyclic N) is 1. The predicted molar refractivity (Wildman–Crippen MR) is 118 cm³/mol. The van der Waals surface area contributed by atoms with Gasteiger partial charge in [-0.1, -0.05) is 6.92 Å². The maximum atomic E-state index is 13.1. The van der Waals surface area contributed by atoms with Crippen molar-refractivity contribution in [1.82, 2.24) is 4.90 Å². The highest BCUT2D eigenvalue weighted by Crippen LogP contribution is 2.18. The van der Waals surface area contributed by atoms with Gasteiger partial charge in [-0.25, -0.2) is 9.18 Å². The van der Waals surface area contributed by atoms with Crippen LogP contribution < -0.4 is 15.0 Å². The van der Waals surface area contributed by atoms with Gasteiger partial charge in [0.05, 0.1) is 6.61 Å². The molecule has 0 bridgehead atoms. The fraction of sp³-hybridized carbons (Fsp3) is 0.435. The predicted octanol–water partition coefficient (Wildman–Crippen LogP) is 3.35. The first kappa shape index (κ1) is 22.8. The van der Waals surface area contributed by atoms with Crippen molar-refractivity contribution in [2.75, 3.05) is 56.2 Å². The van der Waals surface area contributed by atoms with Crippen molar-refractivity contribution >= 4 is 17.5 Å². The minimum Gasteiger partial charge on any atom is -0.494 e. The van der Waals surface area contributed by atoms with E-state index in [1.165, 1.54) is 12.1 Å². The number of hydrogen-bond acceptors (Lipinski definition) is 6. The van der Waals surface area contributed by atoms with E-state index in [1.807, 2.05) is 6.92 Å². The average molecular weight is 432 g/mol. The highest BCUT2D eigenvalue weighted by Gasteiger charge is 2.20. The zero-order valence-corrected chi connectivity index (χ0v) is 17.8. The number of piperazine rings is 1. The lowest BCUT2D eigenvalue weighted by atomic mass is 10.2. The van der Waals surface area contributed by atoms with Crippen LogP contribution in [0.2, 0.25) is 0 Å². The molecule has 0 aliphatic carbocycles. The summed E-state index contributed by atoms with van der Waals surface area (Å²) in [6.07, 6.45) is -0.450. The molecule has 0 saturated carbocycles. The normalized spacial score (nSPS) is 15.4. The van der Waals surface area contributed by atoms with E-state index in [1.54, 1.807) is 36.4 Å². The molecule has 0 radical (unpaired) electrons. The number of rotatable bonds is 9. The van der Waals surface area contributed by atoms with E-state index in [-0.39, 0.29) is 12.4 Å². The van der Waals surface area contributed by atoms with Gasteiger partial charge in [0.15, 0.2) is 0 Å². The molecule has 1 aliphatic rings. The molecular weight excluding hydrogens is 401 g/mol. The number of carbonyl (C=O) groups is 1. The first-order valence-corrected chi connectivity index (χ1v) is 10.6. The molecule has 1 amide bonds. The summed E-state index contributed by atoms with van der Waals surface area (Å²) in [5, 5.41) is 12.9. The second-order valence-electron chi connectivity index (χ2n) is 7.51. The Bertz CT molecular complexity index is 809. The maximum absolute atomic E-state index is 13.1. The van der Waals surface area contributed by atoms with Crippen LogP contribution in [0.1, 0.15) is 13.3 Å². The van der Waals surface area contributed by atoms with E-state index in [0.717, 1.165) is 44.0 Å². The number of nitrogens with zero attached hydrogens (tertiary/aromatic N) is 2. The molecule has 2 N–H and O–H groups in total. The molecule has 2 aromatic carbocycles. The SMILES string of the molecule is CCCOc1ccc(NC(=O)OCC(O)CN2CCN(c3ccc(F)cc3)CC2)cc1. The number of ether oxygens (including phenoxy) is 2. The highest BCUT2D eigenvalue weighted by molar-refractivity contribution is 5.84. The van der Waals surface area contributed by atoms with Crippen molar-refractivity contribution < 1.29 is 23.8 Å². The summed E-state index contributed by atoms with van der Waals surface area (Å²) >= 11 is 0. The molecule has 1 aliphatic heterocycles. The Morgan fingerprint density at radius 3 is 2.42 bits per heavy atom. The van der Waals surface area contributed by atoms with Crippen molar-refractivity contribution in [1.29, 1.82) is 0 Å². The van der Waals surface area contributed by atoms with Crippen molar-refractivity contribution in [3.63, 3.8) is 0 Å². The molecule has 1 atom stereocenters. The van der Waals surface area contributed by atoms with Crippen molar-refractivity contribution in [3.8, 4) is 5.75 Å². The van der Waals surface area contributed by atoms with E-state index < -0.39 is 12.2 Å². The minimum absolute atomic E-state index is 0.0816. The second kappa shape index (κ2) is 11.5. The molecule has 0 spiro atoms. The van der Waals surface area contributed by atoms with Gasteiger partial charge in [-0.05, 0) is 55.0 Å². The van der Waals surface area contributed by atoms with Crippen molar-refractivity contribution in [2.45, 2.75) is 19.4 Å². The lowest BCUT2D eigenvalue weighted by molar-refractivity contribution is 0.0469. The Morgan fingerprint density at radius 2 is 1.77 bits per heavy atom. The van der Waals surface area contributed by atoms with Gasteiger partial charge < -0.3 is 19.5 Å². The number of benzene rings is 2. The van der Waals surface area contributed by atoms with E-state index >= 15 is 0 Å². The summed E-state index contributed by atoms with van der Waals surface area (Å²) in [7, 11) is 0. The highest BCUT2D eigenvalue weighted by atomic mass is 19.1. The smallest absolute Gasteiger partial charge is 0.411 e. The van der Waals surface area contributed by atoms with E-state index in [9.17, 15) is 14.3 Å². The molecule has 8 heteroatoms. The fourth-order valence-corrected chi connectivity index (χ4v) is 3.37. The summed E-state index contributed by atoms with van der Waals surface area (Å²) in [5.41, 5.74) is 1.59. The van der Waals surface area contributed by atoms with Gasteiger partial charge in [0.2, 0.25) is 0 Å². The number of nitrogens with one attached hydrogen (secondary N) is 1. The Morgan fingerprint density at radius 1 is 1.10 bits per heavy atom. The Kier molecular flexibility index (Phi) is 8.49. The van der Waals surface area contributed by atoms with Gasteiger partial charge in [0, 0.05) is 44.1 Å². The van der Waals surface area contributed by atoms with Crippen LogP contribution in [-0.2, 0) is 4.74 Å². The summed E-state index contributed by atoms with van der Waals surface area (Å²) in [5.74, 6) is 0.503. The molecule has 7 nitrogen and oxygen atoms in total. The number of halogens is 1. The number of carbonyl (C=O) groups excluding carboxylic acids is 1. The largest absolute Gasteiger partial charge is 0.494 e. The number of hydrogen-bond donors (Lipinski definition) is 2. The van der Waals surface area contributed by atoms with Crippen LogP contribution >= 0.6 is 0 Å². The zero-order chi connectivity index (χ0) is 22.1. The number of anilines is 2. The number of aliphatic hydroxyl groups excluding tert-OH is 1. The third-order valence-corrected chi connectivity index (χ3v) is 5.01. The average Bonchev–Trinajstić information content (AvgIpc) is 2.78. The summed E-state index contributed by atoms with van der Waals surface area (Å²) in [4.78, 5) is 16.3. The third kappa shape index (κ3) is 7.41. The monoisotopic (exact) mass is 431 g/mol. The molecular formula is C23H30FN3O4. The van der Waals surface area contributed by atoms with Gasteiger partial charge in [0.25, 0.3) is 0 Å². The second-order valence-corrected chi connectivity index (χ2v) is 7.51. The first-order chi connectivity index (χ1) is 15.0. The van der Waals surface area contributed by atoms with Crippen LogP contribution in [0.3, 0.4) is 0 Å². The Hall–Kier alpha value is -2.84. The van der Waals surface area contributed by atoms with E-state index in [4.69, 9.17) is 9.47 Å². The van der Waals surface area contributed by atoms with Gasteiger partial charge in [-0.15, -0.1) is 0 Å². The third-order valence-electron chi connectivity index (χ3n) is 5.01. The van der Waals surface area contributed by atoms with Crippen LogP contribution in [-0.4, -0.2) is 68.1 Å². The van der Waals surface area contributed by atoms with E-state index in [2.05, 4.69) is 15.1 Å². The molecule has 1 heterocycles. The lowest BCUT2D eigenvalue weighted by Gasteiger charge is -2.36. The van der Waals surface area contributed by atoms with Crippen LogP contribution in [0.5, 0.6) is 5.75 Å². The van der Waals surface area contributed by atoms with Crippen LogP contribution in [0.25, 0.3) is 0 Å². The van der Waals surface area contributed by atoms with Crippen LogP contribution in [0, 0.1) is 5.82 Å². The number of amides is 1.